The minimum absolute atomic E-state index is 0.233. The van der Waals surface area contributed by atoms with Crippen LogP contribution in [0.1, 0.15) is 0 Å². The third kappa shape index (κ3) is 2.19. The Kier molecular flexibility index (Phi) is 2.75. The first kappa shape index (κ1) is 10.2. The molecule has 0 saturated heterocycles. The fourth-order valence-corrected chi connectivity index (χ4v) is 1.59. The highest BCUT2D eigenvalue weighted by atomic mass is 35.5. The lowest BCUT2D eigenvalue weighted by atomic mass is 10.1. The standard InChI is InChI=1S/C10H7Cl2N3/c11-7-1-2-9(12)8(3-7)6-4-14-10(13)15-5-6/h1-5H,(H2,13,14,15). The molecule has 5 heteroatoms. The summed E-state index contributed by atoms with van der Waals surface area (Å²) in [6.45, 7) is 0. The van der Waals surface area contributed by atoms with E-state index in [9.17, 15) is 0 Å². The van der Waals surface area contributed by atoms with Crippen molar-refractivity contribution < 1.29 is 0 Å². The maximum atomic E-state index is 6.03. The fourth-order valence-electron chi connectivity index (χ4n) is 1.20. The van der Waals surface area contributed by atoms with Crippen LogP contribution in [0, 0.1) is 0 Å². The molecule has 0 aliphatic carbocycles. The van der Waals surface area contributed by atoms with Gasteiger partial charge in [0.25, 0.3) is 0 Å². The lowest BCUT2D eigenvalue weighted by Gasteiger charge is -2.04. The van der Waals surface area contributed by atoms with Crippen LogP contribution in [-0.4, -0.2) is 9.97 Å². The lowest BCUT2D eigenvalue weighted by Crippen LogP contribution is -1.93. The van der Waals surface area contributed by atoms with E-state index in [2.05, 4.69) is 9.97 Å². The molecule has 0 saturated carbocycles. The molecule has 0 unspecified atom stereocenters. The number of halogens is 2. The monoisotopic (exact) mass is 239 g/mol. The number of nitrogen functional groups attached to an aromatic ring is 1. The molecular formula is C10H7Cl2N3. The number of aromatic nitrogens is 2. The van der Waals surface area contributed by atoms with Gasteiger partial charge < -0.3 is 5.73 Å². The second-order valence-electron chi connectivity index (χ2n) is 2.95. The zero-order chi connectivity index (χ0) is 10.8. The van der Waals surface area contributed by atoms with Gasteiger partial charge in [0.2, 0.25) is 5.95 Å². The number of nitrogens with two attached hydrogens (primary N) is 1. The summed E-state index contributed by atoms with van der Waals surface area (Å²) in [5.41, 5.74) is 6.98. The average molecular weight is 240 g/mol. The second-order valence-corrected chi connectivity index (χ2v) is 3.80. The van der Waals surface area contributed by atoms with E-state index in [0.717, 1.165) is 11.1 Å². The molecule has 2 aromatic rings. The summed E-state index contributed by atoms with van der Waals surface area (Å²) in [5.74, 6) is 0.233. The van der Waals surface area contributed by atoms with Gasteiger partial charge in [-0.1, -0.05) is 23.2 Å². The quantitative estimate of drug-likeness (QED) is 0.833. The number of anilines is 1. The molecule has 0 fully saturated rings. The van der Waals surface area contributed by atoms with Crippen molar-refractivity contribution in [1.82, 2.24) is 9.97 Å². The molecule has 0 atom stereocenters. The van der Waals surface area contributed by atoms with E-state index >= 15 is 0 Å². The number of benzene rings is 1. The smallest absolute Gasteiger partial charge is 0.219 e. The van der Waals surface area contributed by atoms with E-state index in [1.54, 1.807) is 30.6 Å². The Morgan fingerprint density at radius 2 is 1.73 bits per heavy atom. The van der Waals surface area contributed by atoms with Gasteiger partial charge in [-0.3, -0.25) is 0 Å². The summed E-state index contributed by atoms with van der Waals surface area (Å²) in [6.07, 6.45) is 3.22. The zero-order valence-electron chi connectivity index (χ0n) is 7.61. The predicted molar refractivity (Wildman–Crippen MR) is 61.9 cm³/mol. The first-order valence-corrected chi connectivity index (χ1v) is 4.95. The van der Waals surface area contributed by atoms with Gasteiger partial charge in [0, 0.05) is 33.6 Å². The lowest BCUT2D eigenvalue weighted by molar-refractivity contribution is 1.19. The molecule has 3 nitrogen and oxygen atoms in total. The van der Waals surface area contributed by atoms with Gasteiger partial charge in [-0.05, 0) is 18.2 Å². The number of hydrogen-bond donors (Lipinski definition) is 1. The van der Waals surface area contributed by atoms with Crippen molar-refractivity contribution >= 4 is 29.2 Å². The molecule has 2 N–H and O–H groups in total. The van der Waals surface area contributed by atoms with Crippen molar-refractivity contribution in [2.45, 2.75) is 0 Å². The second kappa shape index (κ2) is 4.04. The van der Waals surface area contributed by atoms with E-state index < -0.39 is 0 Å². The van der Waals surface area contributed by atoms with E-state index in [-0.39, 0.29) is 5.95 Å². The van der Waals surface area contributed by atoms with E-state index in [1.165, 1.54) is 0 Å². The number of hydrogen-bond acceptors (Lipinski definition) is 3. The Balaban J connectivity index is 2.53. The Bertz CT molecular complexity index is 483. The Labute approximate surface area is 96.9 Å². The first-order valence-electron chi connectivity index (χ1n) is 4.20. The third-order valence-electron chi connectivity index (χ3n) is 1.91. The largest absolute Gasteiger partial charge is 0.368 e. The van der Waals surface area contributed by atoms with E-state index in [1.807, 2.05) is 0 Å². The molecule has 1 heterocycles. The SMILES string of the molecule is Nc1ncc(-c2cc(Cl)ccc2Cl)cn1. The topological polar surface area (TPSA) is 51.8 Å². The molecule has 2 rings (SSSR count). The van der Waals surface area contributed by atoms with Crippen molar-refractivity contribution in [2.75, 3.05) is 5.73 Å². The molecule has 1 aromatic carbocycles. The summed E-state index contributed by atoms with van der Waals surface area (Å²) < 4.78 is 0. The molecule has 76 valence electrons. The summed E-state index contributed by atoms with van der Waals surface area (Å²) in [6, 6.07) is 5.22. The summed E-state index contributed by atoms with van der Waals surface area (Å²) in [4.78, 5) is 7.78. The molecule has 0 aliphatic rings. The van der Waals surface area contributed by atoms with Gasteiger partial charge in [-0.25, -0.2) is 9.97 Å². The maximum absolute atomic E-state index is 6.03. The molecule has 0 aliphatic heterocycles. The normalized spacial score (nSPS) is 10.3. The fraction of sp³-hybridized carbons (Fsp3) is 0. The van der Waals surface area contributed by atoms with E-state index in [4.69, 9.17) is 28.9 Å². The van der Waals surface area contributed by atoms with Crippen LogP contribution in [0.5, 0.6) is 0 Å². The summed E-state index contributed by atoms with van der Waals surface area (Å²) >= 11 is 11.9. The Morgan fingerprint density at radius 3 is 2.40 bits per heavy atom. The van der Waals surface area contributed by atoms with Crippen molar-refractivity contribution in [3.05, 3.63) is 40.6 Å². The van der Waals surface area contributed by atoms with Gasteiger partial charge >= 0.3 is 0 Å². The molecule has 0 amide bonds. The number of nitrogens with zero attached hydrogens (tertiary/aromatic N) is 2. The molecular weight excluding hydrogens is 233 g/mol. The van der Waals surface area contributed by atoms with Crippen LogP contribution in [0.3, 0.4) is 0 Å². The maximum Gasteiger partial charge on any atom is 0.219 e. The van der Waals surface area contributed by atoms with Gasteiger partial charge in [-0.15, -0.1) is 0 Å². The summed E-state index contributed by atoms with van der Waals surface area (Å²) in [7, 11) is 0. The van der Waals surface area contributed by atoms with Crippen molar-refractivity contribution in [3.8, 4) is 11.1 Å². The van der Waals surface area contributed by atoms with Crippen LogP contribution in [0.2, 0.25) is 10.0 Å². The number of rotatable bonds is 1. The zero-order valence-corrected chi connectivity index (χ0v) is 9.13. The molecule has 0 bridgehead atoms. The third-order valence-corrected chi connectivity index (χ3v) is 2.48. The van der Waals surface area contributed by atoms with Gasteiger partial charge in [0.15, 0.2) is 0 Å². The average Bonchev–Trinajstić information content (AvgIpc) is 2.23. The van der Waals surface area contributed by atoms with Crippen molar-refractivity contribution in [1.29, 1.82) is 0 Å². The van der Waals surface area contributed by atoms with E-state index in [0.29, 0.717) is 10.0 Å². The van der Waals surface area contributed by atoms with Crippen LogP contribution in [-0.2, 0) is 0 Å². The van der Waals surface area contributed by atoms with Crippen LogP contribution in [0.25, 0.3) is 11.1 Å². The van der Waals surface area contributed by atoms with Crippen LogP contribution in [0.15, 0.2) is 30.6 Å². The summed E-state index contributed by atoms with van der Waals surface area (Å²) in [5, 5.41) is 1.22. The van der Waals surface area contributed by atoms with Crippen molar-refractivity contribution in [2.24, 2.45) is 0 Å². The predicted octanol–water partition coefficient (Wildman–Crippen LogP) is 3.03. The molecule has 0 radical (unpaired) electrons. The van der Waals surface area contributed by atoms with Gasteiger partial charge in [0.1, 0.15) is 0 Å². The molecule has 0 spiro atoms. The minimum atomic E-state index is 0.233. The highest BCUT2D eigenvalue weighted by molar-refractivity contribution is 6.35. The molecule has 15 heavy (non-hydrogen) atoms. The first-order chi connectivity index (χ1) is 7.16. The van der Waals surface area contributed by atoms with Gasteiger partial charge in [-0.2, -0.15) is 0 Å². The van der Waals surface area contributed by atoms with Crippen molar-refractivity contribution in [3.63, 3.8) is 0 Å². The Hall–Kier alpha value is -1.32. The van der Waals surface area contributed by atoms with Gasteiger partial charge in [0.05, 0.1) is 0 Å². The Morgan fingerprint density at radius 1 is 1.07 bits per heavy atom. The highest BCUT2D eigenvalue weighted by Gasteiger charge is 2.05. The van der Waals surface area contributed by atoms with Crippen LogP contribution >= 0.6 is 23.2 Å². The minimum Gasteiger partial charge on any atom is -0.368 e. The highest BCUT2D eigenvalue weighted by Crippen LogP contribution is 2.29. The molecule has 1 aromatic heterocycles. The van der Waals surface area contributed by atoms with Crippen LogP contribution < -0.4 is 5.73 Å². The van der Waals surface area contributed by atoms with Crippen LogP contribution in [0.4, 0.5) is 5.95 Å².